The molecule has 2 aromatic rings. The zero-order valence-corrected chi connectivity index (χ0v) is 15.3. The Labute approximate surface area is 162 Å². The van der Waals surface area contributed by atoms with Crippen LogP contribution in [0.15, 0.2) is 24.4 Å². The van der Waals surface area contributed by atoms with E-state index in [1.54, 1.807) is 4.57 Å². The van der Waals surface area contributed by atoms with Gasteiger partial charge in [-0.2, -0.15) is 0 Å². The summed E-state index contributed by atoms with van der Waals surface area (Å²) in [6.07, 6.45) is -3.15. The normalized spacial score (nSPS) is 19.0. The van der Waals surface area contributed by atoms with E-state index in [-0.39, 0.29) is 29.0 Å². The molecule has 28 heavy (non-hydrogen) atoms. The molecular formula is C16H16ClF3N4O4. The van der Waals surface area contributed by atoms with Gasteiger partial charge in [-0.15, -0.1) is 13.2 Å². The fourth-order valence-electron chi connectivity index (χ4n) is 2.92. The minimum atomic E-state index is -4.82. The topological polar surface area (TPSA) is 91.5 Å². The molecule has 8 nitrogen and oxygen atoms in total. The summed E-state index contributed by atoms with van der Waals surface area (Å²) in [5, 5.41) is 14.0. The molecule has 1 N–H and O–H groups in total. The molecule has 0 fully saturated rings. The van der Waals surface area contributed by atoms with Crippen molar-refractivity contribution >= 4 is 17.4 Å². The first kappa shape index (κ1) is 20.2. The van der Waals surface area contributed by atoms with Crippen molar-refractivity contribution in [3.05, 3.63) is 45.1 Å². The van der Waals surface area contributed by atoms with E-state index in [2.05, 4.69) is 15.0 Å². The lowest BCUT2D eigenvalue weighted by Crippen LogP contribution is -2.48. The lowest BCUT2D eigenvalue weighted by molar-refractivity contribution is -0.389. The summed E-state index contributed by atoms with van der Waals surface area (Å²) in [7, 11) is 0. The third-order valence-electron chi connectivity index (χ3n) is 4.21. The van der Waals surface area contributed by atoms with E-state index in [9.17, 15) is 23.3 Å². The summed E-state index contributed by atoms with van der Waals surface area (Å²) < 4.78 is 48.0. The third-order valence-corrected chi connectivity index (χ3v) is 4.50. The van der Waals surface area contributed by atoms with Gasteiger partial charge in [0.05, 0.1) is 11.1 Å². The van der Waals surface area contributed by atoms with Crippen molar-refractivity contribution in [3.8, 4) is 11.8 Å². The van der Waals surface area contributed by atoms with Crippen molar-refractivity contribution in [2.24, 2.45) is 0 Å². The van der Waals surface area contributed by atoms with Gasteiger partial charge < -0.3 is 24.9 Å². The fourth-order valence-corrected chi connectivity index (χ4v) is 3.16. The summed E-state index contributed by atoms with van der Waals surface area (Å²) in [5.74, 6) is -0.766. The largest absolute Gasteiger partial charge is 0.573 e. The maximum absolute atomic E-state index is 12.3. The van der Waals surface area contributed by atoms with E-state index in [4.69, 9.17) is 16.3 Å². The zero-order valence-electron chi connectivity index (χ0n) is 14.6. The van der Waals surface area contributed by atoms with Crippen LogP contribution in [0.5, 0.6) is 11.8 Å². The number of ether oxygens (including phenoxy) is 2. The summed E-state index contributed by atoms with van der Waals surface area (Å²) in [6, 6.07) is 4.01. The van der Waals surface area contributed by atoms with E-state index >= 15 is 0 Å². The predicted octanol–water partition coefficient (Wildman–Crippen LogP) is 3.67. The van der Waals surface area contributed by atoms with Crippen LogP contribution in [0.1, 0.15) is 18.9 Å². The molecular weight excluding hydrogens is 405 g/mol. The molecule has 12 heteroatoms. The molecule has 1 aliphatic heterocycles. The van der Waals surface area contributed by atoms with E-state index in [0.29, 0.717) is 25.1 Å². The first-order valence-corrected chi connectivity index (χ1v) is 8.70. The van der Waals surface area contributed by atoms with Gasteiger partial charge in [0.1, 0.15) is 18.1 Å². The number of aromatic nitrogens is 2. The van der Waals surface area contributed by atoms with Crippen LogP contribution in [-0.2, 0) is 13.1 Å². The Hall–Kier alpha value is -2.53. The van der Waals surface area contributed by atoms with Gasteiger partial charge in [0, 0.05) is 18.1 Å². The van der Waals surface area contributed by atoms with Gasteiger partial charge in [-0.3, -0.25) is 4.57 Å². The SMILES string of the molecule is CC[C@@H]1Oc2nc([N+](=O)[O-])cn2C[C@@H]1NCc1ccc(OC(F)(F)F)c(Cl)c1. The molecule has 0 spiro atoms. The Balaban J connectivity index is 1.67. The Morgan fingerprint density at radius 3 is 2.86 bits per heavy atom. The number of halogens is 4. The van der Waals surface area contributed by atoms with Gasteiger partial charge in [-0.05, 0) is 29.0 Å². The fraction of sp³-hybridized carbons (Fsp3) is 0.438. The second-order valence-electron chi connectivity index (χ2n) is 6.16. The number of rotatable bonds is 6. The summed E-state index contributed by atoms with van der Waals surface area (Å²) in [6.45, 7) is 2.62. The van der Waals surface area contributed by atoms with Gasteiger partial charge in [0.2, 0.25) is 0 Å². The maximum atomic E-state index is 12.3. The number of nitrogens with zero attached hydrogens (tertiary/aromatic N) is 3. The van der Waals surface area contributed by atoms with Gasteiger partial charge in [-0.1, -0.05) is 24.6 Å². The van der Waals surface area contributed by atoms with Crippen LogP contribution in [0.3, 0.4) is 0 Å². The first-order valence-electron chi connectivity index (χ1n) is 8.32. The van der Waals surface area contributed by atoms with Crippen LogP contribution < -0.4 is 14.8 Å². The lowest BCUT2D eigenvalue weighted by Gasteiger charge is -2.31. The van der Waals surface area contributed by atoms with Gasteiger partial charge in [0.25, 0.3) is 0 Å². The zero-order chi connectivity index (χ0) is 20.5. The standard InChI is InChI=1S/C16H16ClF3N4O4/c1-2-12-11(7-23-8-14(24(25)26)22-15(23)27-12)21-6-9-3-4-13(10(17)5-9)28-16(18,19)20/h3-5,8,11-12,21H,2,6-7H2,1H3/t11-,12-/m0/s1. The van der Waals surface area contributed by atoms with Crippen LogP contribution in [0, 0.1) is 10.1 Å². The van der Waals surface area contributed by atoms with E-state index in [0.717, 1.165) is 6.07 Å². The number of alkyl halides is 3. The second kappa shape index (κ2) is 7.84. The number of benzene rings is 1. The molecule has 152 valence electrons. The molecule has 0 saturated heterocycles. The molecule has 0 bridgehead atoms. The third kappa shape index (κ3) is 4.65. The number of nitrogens with one attached hydrogen (secondary N) is 1. The van der Waals surface area contributed by atoms with Crippen molar-refractivity contribution in [3.63, 3.8) is 0 Å². The van der Waals surface area contributed by atoms with Gasteiger partial charge >= 0.3 is 18.2 Å². The van der Waals surface area contributed by atoms with E-state index in [1.165, 1.54) is 18.3 Å². The predicted molar refractivity (Wildman–Crippen MR) is 92.4 cm³/mol. The minimum Gasteiger partial charge on any atom is -0.441 e. The van der Waals surface area contributed by atoms with Crippen LogP contribution in [0.2, 0.25) is 5.02 Å². The van der Waals surface area contributed by atoms with Crippen molar-refractivity contribution in [1.29, 1.82) is 0 Å². The van der Waals surface area contributed by atoms with Crippen molar-refractivity contribution in [2.75, 3.05) is 0 Å². The Morgan fingerprint density at radius 2 is 2.25 bits per heavy atom. The van der Waals surface area contributed by atoms with E-state index in [1.807, 2.05) is 6.92 Å². The summed E-state index contributed by atoms with van der Waals surface area (Å²) >= 11 is 5.86. The van der Waals surface area contributed by atoms with Crippen molar-refractivity contribution in [1.82, 2.24) is 14.9 Å². The first-order chi connectivity index (χ1) is 13.2. The van der Waals surface area contributed by atoms with Gasteiger partial charge in [0.15, 0.2) is 0 Å². The number of nitro groups is 1. The highest BCUT2D eigenvalue weighted by atomic mass is 35.5. The molecule has 1 aliphatic rings. The van der Waals surface area contributed by atoms with Crippen LogP contribution >= 0.6 is 11.6 Å². The number of fused-ring (bicyclic) bond motifs is 1. The van der Waals surface area contributed by atoms with E-state index < -0.39 is 17.0 Å². The summed E-state index contributed by atoms with van der Waals surface area (Å²) in [4.78, 5) is 14.1. The molecule has 2 atom stereocenters. The van der Waals surface area contributed by atoms with Crippen molar-refractivity contribution in [2.45, 2.75) is 44.9 Å². The Kier molecular flexibility index (Phi) is 5.66. The highest BCUT2D eigenvalue weighted by Gasteiger charge is 2.34. The van der Waals surface area contributed by atoms with Crippen LogP contribution in [0.4, 0.5) is 19.0 Å². The molecule has 0 amide bonds. The summed E-state index contributed by atoms with van der Waals surface area (Å²) in [5.41, 5.74) is 0.650. The molecule has 0 aliphatic carbocycles. The number of hydrogen-bond acceptors (Lipinski definition) is 6. The Morgan fingerprint density at radius 1 is 1.50 bits per heavy atom. The molecule has 0 saturated carbocycles. The Bertz CT molecular complexity index is 874. The molecule has 1 aromatic carbocycles. The monoisotopic (exact) mass is 420 g/mol. The smallest absolute Gasteiger partial charge is 0.441 e. The number of imidazole rings is 1. The molecule has 2 heterocycles. The molecule has 0 radical (unpaired) electrons. The lowest BCUT2D eigenvalue weighted by atomic mass is 10.1. The average Bonchev–Trinajstić information content (AvgIpc) is 3.03. The average molecular weight is 421 g/mol. The highest BCUT2D eigenvalue weighted by molar-refractivity contribution is 6.32. The van der Waals surface area contributed by atoms with Crippen molar-refractivity contribution < 1.29 is 27.6 Å². The molecule has 0 unspecified atom stereocenters. The van der Waals surface area contributed by atoms with Crippen LogP contribution in [-0.4, -0.2) is 33.0 Å². The van der Waals surface area contributed by atoms with Gasteiger partial charge in [-0.25, -0.2) is 0 Å². The molecule has 1 aromatic heterocycles. The van der Waals surface area contributed by atoms with Crippen LogP contribution in [0.25, 0.3) is 0 Å². The second-order valence-corrected chi connectivity index (χ2v) is 6.56. The molecule has 3 rings (SSSR count). The highest BCUT2D eigenvalue weighted by Crippen LogP contribution is 2.31. The number of hydrogen-bond donors (Lipinski definition) is 1. The maximum Gasteiger partial charge on any atom is 0.573 e. The quantitative estimate of drug-likeness (QED) is 0.566. The minimum absolute atomic E-state index is 0.156.